The summed E-state index contributed by atoms with van der Waals surface area (Å²) in [5.74, 6) is 0.331. The second-order valence-corrected chi connectivity index (χ2v) is 8.34. The standard InChI is InChI=1S/C17H27Cl2NO/c1-12(18)9-20(10-13(2)19)11-14-8-15(17(3,4)5)6-7-16(14)21/h6-8,12-13,21H,9-11H2,1-5H3. The van der Waals surface area contributed by atoms with E-state index in [4.69, 9.17) is 23.2 Å². The number of rotatable bonds is 6. The lowest BCUT2D eigenvalue weighted by Crippen LogP contribution is -2.33. The molecule has 0 aliphatic heterocycles. The highest BCUT2D eigenvalue weighted by atomic mass is 35.5. The summed E-state index contributed by atoms with van der Waals surface area (Å²) in [7, 11) is 0. The van der Waals surface area contributed by atoms with Gasteiger partial charge in [-0.25, -0.2) is 0 Å². The Balaban J connectivity index is 2.96. The molecule has 0 saturated carbocycles. The summed E-state index contributed by atoms with van der Waals surface area (Å²) in [6.45, 7) is 12.6. The van der Waals surface area contributed by atoms with Gasteiger partial charge in [-0.3, -0.25) is 4.90 Å². The highest BCUT2D eigenvalue weighted by molar-refractivity contribution is 6.21. The summed E-state index contributed by atoms with van der Waals surface area (Å²) in [5, 5.41) is 10.2. The van der Waals surface area contributed by atoms with Crippen LogP contribution in [0.5, 0.6) is 5.75 Å². The number of phenols is 1. The Morgan fingerprint density at radius 2 is 1.62 bits per heavy atom. The number of alkyl halides is 2. The van der Waals surface area contributed by atoms with Crippen LogP contribution in [0.25, 0.3) is 0 Å². The van der Waals surface area contributed by atoms with Crippen LogP contribution in [0.1, 0.15) is 45.7 Å². The Labute approximate surface area is 139 Å². The summed E-state index contributed by atoms with van der Waals surface area (Å²) >= 11 is 12.2. The van der Waals surface area contributed by atoms with Crippen molar-refractivity contribution in [2.75, 3.05) is 13.1 Å². The van der Waals surface area contributed by atoms with Gasteiger partial charge < -0.3 is 5.11 Å². The first kappa shape index (κ1) is 18.6. The first-order valence-corrected chi connectivity index (χ1v) is 8.29. The minimum absolute atomic E-state index is 0.0494. The van der Waals surface area contributed by atoms with Gasteiger partial charge in [0.05, 0.1) is 0 Å². The van der Waals surface area contributed by atoms with E-state index in [1.54, 1.807) is 6.07 Å². The minimum Gasteiger partial charge on any atom is -0.508 e. The van der Waals surface area contributed by atoms with Crippen LogP contribution in [0.4, 0.5) is 0 Å². The third-order valence-corrected chi connectivity index (χ3v) is 3.64. The zero-order valence-electron chi connectivity index (χ0n) is 13.7. The van der Waals surface area contributed by atoms with E-state index >= 15 is 0 Å². The van der Waals surface area contributed by atoms with Crippen molar-refractivity contribution in [3.8, 4) is 5.75 Å². The van der Waals surface area contributed by atoms with Gasteiger partial charge in [0.25, 0.3) is 0 Å². The molecule has 0 amide bonds. The average Bonchev–Trinajstić information content (AvgIpc) is 2.28. The number of phenolic OH excluding ortho intramolecular Hbond substituents is 1. The number of aromatic hydroxyl groups is 1. The van der Waals surface area contributed by atoms with Crippen molar-refractivity contribution in [3.63, 3.8) is 0 Å². The fourth-order valence-electron chi connectivity index (χ4n) is 2.33. The molecule has 1 aromatic carbocycles. The summed E-state index contributed by atoms with van der Waals surface area (Å²) in [6.07, 6.45) is 0. The van der Waals surface area contributed by atoms with Crippen LogP contribution in [-0.2, 0) is 12.0 Å². The number of hydrogen-bond donors (Lipinski definition) is 1. The van der Waals surface area contributed by atoms with E-state index in [2.05, 4.69) is 31.7 Å². The van der Waals surface area contributed by atoms with Gasteiger partial charge in [0.15, 0.2) is 0 Å². The van der Waals surface area contributed by atoms with Gasteiger partial charge in [0, 0.05) is 36.0 Å². The quantitative estimate of drug-likeness (QED) is 0.760. The van der Waals surface area contributed by atoms with Gasteiger partial charge in [0.1, 0.15) is 5.75 Å². The molecule has 2 unspecified atom stereocenters. The second-order valence-electron chi connectivity index (χ2n) is 6.85. The molecule has 0 aromatic heterocycles. The highest BCUT2D eigenvalue weighted by Gasteiger charge is 2.18. The maximum absolute atomic E-state index is 10.1. The molecule has 0 heterocycles. The topological polar surface area (TPSA) is 23.5 Å². The van der Waals surface area contributed by atoms with Crippen LogP contribution < -0.4 is 0 Å². The molecule has 1 rings (SSSR count). The third-order valence-electron chi connectivity index (χ3n) is 3.36. The van der Waals surface area contributed by atoms with Gasteiger partial charge >= 0.3 is 0 Å². The van der Waals surface area contributed by atoms with Crippen LogP contribution in [-0.4, -0.2) is 33.9 Å². The van der Waals surface area contributed by atoms with Gasteiger partial charge in [-0.2, -0.15) is 0 Å². The van der Waals surface area contributed by atoms with E-state index in [-0.39, 0.29) is 16.2 Å². The molecule has 2 nitrogen and oxygen atoms in total. The Hall–Kier alpha value is -0.440. The Kier molecular flexibility index (Phi) is 6.83. The zero-order valence-corrected chi connectivity index (χ0v) is 15.2. The van der Waals surface area contributed by atoms with Crippen LogP contribution >= 0.6 is 23.2 Å². The molecule has 1 aromatic rings. The van der Waals surface area contributed by atoms with Crippen LogP contribution in [0.3, 0.4) is 0 Å². The molecule has 0 saturated heterocycles. The largest absolute Gasteiger partial charge is 0.508 e. The molecule has 0 aliphatic rings. The van der Waals surface area contributed by atoms with Crippen LogP contribution in [0.15, 0.2) is 18.2 Å². The smallest absolute Gasteiger partial charge is 0.120 e. The highest BCUT2D eigenvalue weighted by Crippen LogP contribution is 2.28. The average molecular weight is 332 g/mol. The molecule has 0 spiro atoms. The molecule has 21 heavy (non-hydrogen) atoms. The normalized spacial score (nSPS) is 15.2. The number of nitrogens with zero attached hydrogens (tertiary/aromatic N) is 1. The number of benzene rings is 1. The predicted octanol–water partition coefficient (Wildman–Crippen LogP) is 4.75. The van der Waals surface area contributed by atoms with E-state index < -0.39 is 0 Å². The van der Waals surface area contributed by atoms with E-state index in [0.717, 1.165) is 18.7 Å². The van der Waals surface area contributed by atoms with Crippen molar-refractivity contribution in [1.82, 2.24) is 4.90 Å². The molecule has 0 bridgehead atoms. The molecule has 0 fully saturated rings. The van der Waals surface area contributed by atoms with Gasteiger partial charge in [0.2, 0.25) is 0 Å². The number of hydrogen-bond acceptors (Lipinski definition) is 2. The van der Waals surface area contributed by atoms with Crippen molar-refractivity contribution >= 4 is 23.2 Å². The van der Waals surface area contributed by atoms with Crippen molar-refractivity contribution in [2.24, 2.45) is 0 Å². The lowest BCUT2D eigenvalue weighted by Gasteiger charge is -2.26. The minimum atomic E-state index is 0.0494. The molecule has 0 radical (unpaired) electrons. The molecule has 4 heteroatoms. The molecular formula is C17H27Cl2NO. The monoisotopic (exact) mass is 331 g/mol. The molecule has 1 N–H and O–H groups in total. The fraction of sp³-hybridized carbons (Fsp3) is 0.647. The molecule has 120 valence electrons. The molecule has 0 aliphatic carbocycles. The fourth-order valence-corrected chi connectivity index (χ4v) is 2.73. The van der Waals surface area contributed by atoms with Crippen molar-refractivity contribution in [2.45, 2.75) is 57.3 Å². The van der Waals surface area contributed by atoms with Crippen molar-refractivity contribution in [3.05, 3.63) is 29.3 Å². The lowest BCUT2D eigenvalue weighted by atomic mass is 9.86. The third kappa shape index (κ3) is 6.46. The lowest BCUT2D eigenvalue weighted by molar-refractivity contribution is 0.266. The van der Waals surface area contributed by atoms with Gasteiger partial charge in [-0.05, 0) is 30.9 Å². The first-order valence-electron chi connectivity index (χ1n) is 7.42. The summed E-state index contributed by atoms with van der Waals surface area (Å²) in [6, 6.07) is 5.85. The summed E-state index contributed by atoms with van der Waals surface area (Å²) in [5.41, 5.74) is 2.21. The Morgan fingerprint density at radius 3 is 2.05 bits per heavy atom. The van der Waals surface area contributed by atoms with Gasteiger partial charge in [-0.15, -0.1) is 23.2 Å². The molecule has 2 atom stereocenters. The van der Waals surface area contributed by atoms with E-state index in [0.29, 0.717) is 12.3 Å². The van der Waals surface area contributed by atoms with Crippen LogP contribution in [0, 0.1) is 0 Å². The maximum Gasteiger partial charge on any atom is 0.120 e. The number of halogens is 2. The van der Waals surface area contributed by atoms with Gasteiger partial charge in [-0.1, -0.05) is 32.9 Å². The summed E-state index contributed by atoms with van der Waals surface area (Å²) in [4.78, 5) is 2.19. The predicted molar refractivity (Wildman–Crippen MR) is 92.7 cm³/mol. The maximum atomic E-state index is 10.1. The van der Waals surface area contributed by atoms with Crippen molar-refractivity contribution < 1.29 is 5.11 Å². The van der Waals surface area contributed by atoms with E-state index in [1.807, 2.05) is 19.9 Å². The van der Waals surface area contributed by atoms with Crippen molar-refractivity contribution in [1.29, 1.82) is 0 Å². The van der Waals surface area contributed by atoms with Crippen LogP contribution in [0.2, 0.25) is 0 Å². The first-order chi connectivity index (χ1) is 9.59. The van der Waals surface area contributed by atoms with E-state index in [9.17, 15) is 5.11 Å². The Morgan fingerprint density at radius 1 is 1.10 bits per heavy atom. The second kappa shape index (κ2) is 7.71. The zero-order chi connectivity index (χ0) is 16.2. The Bertz CT molecular complexity index is 443. The SMILES string of the molecule is CC(Cl)CN(Cc1cc(C(C)(C)C)ccc1O)CC(C)Cl. The van der Waals surface area contributed by atoms with E-state index in [1.165, 1.54) is 5.56 Å². The summed E-state index contributed by atoms with van der Waals surface area (Å²) < 4.78 is 0. The molecular weight excluding hydrogens is 305 g/mol.